The Morgan fingerprint density at radius 3 is 1.41 bits per heavy atom. The average Bonchev–Trinajstić information content (AvgIpc) is 3.24. The number of hydrogen-bond acceptors (Lipinski definition) is 11. The number of unbranched alkanes of at least 4 members (excludes halogenated alkanes) is 23. The molecule has 6 atom stereocenters. The summed E-state index contributed by atoms with van der Waals surface area (Å²) < 4.78 is 34.2. The van der Waals surface area contributed by atoms with E-state index in [9.17, 15) is 39.8 Å². The number of hydrogen-bond donors (Lipinski definition) is 6. The highest BCUT2D eigenvalue weighted by atomic mass is 31.2. The third-order valence-electron chi connectivity index (χ3n) is 11.2. The Morgan fingerprint density at radius 1 is 0.525 bits per heavy atom. The van der Waals surface area contributed by atoms with Crippen LogP contribution in [0.5, 0.6) is 0 Å². The van der Waals surface area contributed by atoms with Gasteiger partial charge < -0.3 is 39.9 Å². The van der Waals surface area contributed by atoms with Gasteiger partial charge >= 0.3 is 13.8 Å². The summed E-state index contributed by atoms with van der Waals surface area (Å²) >= 11 is 0. The van der Waals surface area contributed by atoms with Gasteiger partial charge in [-0.1, -0.05) is 159 Å². The summed E-state index contributed by atoms with van der Waals surface area (Å²) in [5, 5.41) is 50.2. The van der Waals surface area contributed by atoms with Crippen molar-refractivity contribution >= 4 is 13.8 Å². The van der Waals surface area contributed by atoms with Gasteiger partial charge in [0.1, 0.15) is 42.7 Å². The van der Waals surface area contributed by atoms with Crippen LogP contribution in [0.15, 0.2) is 36.5 Å². The summed E-state index contributed by atoms with van der Waals surface area (Å²) in [6, 6.07) is 0. The summed E-state index contributed by atoms with van der Waals surface area (Å²) in [5.74, 6) is -0.487. The first-order valence-corrected chi connectivity index (χ1v) is 25.8. The minimum absolute atomic E-state index is 0.0831. The molecule has 6 N–H and O–H groups in total. The number of allylic oxidation sites excluding steroid dienone is 6. The van der Waals surface area contributed by atoms with Crippen molar-refractivity contribution in [2.75, 3.05) is 19.8 Å². The molecule has 0 bridgehead atoms. The van der Waals surface area contributed by atoms with Gasteiger partial charge in [-0.25, -0.2) is 4.57 Å². The maximum atomic E-state index is 12.8. The van der Waals surface area contributed by atoms with Crippen LogP contribution in [-0.4, -0.2) is 98.9 Å². The van der Waals surface area contributed by atoms with Crippen molar-refractivity contribution in [1.82, 2.24) is 0 Å². The van der Waals surface area contributed by atoms with Crippen molar-refractivity contribution in [2.24, 2.45) is 0 Å². The Bertz CT molecular complexity index is 1150. The molecule has 1 fully saturated rings. The zero-order chi connectivity index (χ0) is 44.8. The van der Waals surface area contributed by atoms with E-state index in [1.807, 2.05) is 0 Å². The number of carbonyl (C=O) groups excluding carboxylic acids is 1. The van der Waals surface area contributed by atoms with Crippen molar-refractivity contribution in [3.63, 3.8) is 0 Å². The maximum Gasteiger partial charge on any atom is 0.472 e. The molecule has 0 spiro atoms. The predicted octanol–water partition coefficient (Wildman–Crippen LogP) is 10.3. The molecule has 0 heterocycles. The molecule has 0 saturated heterocycles. The van der Waals surface area contributed by atoms with Crippen LogP contribution in [0.1, 0.15) is 200 Å². The van der Waals surface area contributed by atoms with E-state index >= 15 is 0 Å². The molecule has 61 heavy (non-hydrogen) atoms. The molecule has 0 aromatic heterocycles. The summed E-state index contributed by atoms with van der Waals surface area (Å²) in [5.41, 5.74) is 0. The number of aliphatic hydroxyl groups is 5. The van der Waals surface area contributed by atoms with Crippen LogP contribution in [-0.2, 0) is 27.9 Å². The van der Waals surface area contributed by atoms with Gasteiger partial charge in [0.05, 0.1) is 13.2 Å². The zero-order valence-corrected chi connectivity index (χ0v) is 39.1. The van der Waals surface area contributed by atoms with Crippen molar-refractivity contribution in [3.05, 3.63) is 36.5 Å². The van der Waals surface area contributed by atoms with E-state index in [4.69, 9.17) is 18.5 Å². The smallest absolute Gasteiger partial charge is 0.457 e. The van der Waals surface area contributed by atoms with Crippen LogP contribution in [0.4, 0.5) is 0 Å². The molecular weight excluding hydrogens is 799 g/mol. The van der Waals surface area contributed by atoms with E-state index in [0.717, 1.165) is 77.0 Å². The number of phosphoric acid groups is 1. The average molecular weight is 889 g/mol. The van der Waals surface area contributed by atoms with E-state index in [2.05, 4.69) is 50.3 Å². The number of carbonyl (C=O) groups is 1. The first-order valence-electron chi connectivity index (χ1n) is 24.3. The summed E-state index contributed by atoms with van der Waals surface area (Å²) in [6.45, 7) is 4.23. The highest BCUT2D eigenvalue weighted by molar-refractivity contribution is 7.47. The minimum atomic E-state index is -5.02. The Hall–Kier alpha value is -1.44. The number of aliphatic hydroxyl groups excluding tert-OH is 5. The van der Waals surface area contributed by atoms with Crippen LogP contribution in [0.25, 0.3) is 0 Å². The molecule has 1 aliphatic rings. The van der Waals surface area contributed by atoms with E-state index in [-0.39, 0.29) is 13.0 Å². The molecule has 1 aliphatic carbocycles. The summed E-state index contributed by atoms with van der Waals surface area (Å²) in [6.07, 6.45) is 33.5. The predicted molar refractivity (Wildman–Crippen MR) is 244 cm³/mol. The van der Waals surface area contributed by atoms with Gasteiger partial charge in [0, 0.05) is 13.0 Å². The largest absolute Gasteiger partial charge is 0.472 e. The van der Waals surface area contributed by atoms with Crippen molar-refractivity contribution in [1.29, 1.82) is 0 Å². The molecule has 13 heteroatoms. The molecule has 0 amide bonds. The maximum absolute atomic E-state index is 12.8. The summed E-state index contributed by atoms with van der Waals surface area (Å²) in [7, 11) is -5.02. The fourth-order valence-corrected chi connectivity index (χ4v) is 8.29. The standard InChI is InChI=1S/C48H89O12P/c1-3-5-7-9-11-13-15-17-19-20-21-22-24-26-28-30-32-34-36-38-57-39-41(40-58-61(55,56)60-48-46(53)44(51)43(50)45(52)47(48)54)59-42(49)37-35-33-31-29-27-25-23-18-16-14-12-10-8-6-4-2/h13,15,18-20,23,41,43-48,50-54H,3-12,14,16-17,21-22,24-40H2,1-2H3,(H,55,56)/b15-13-,20-19-,23-18-. The zero-order valence-electron chi connectivity index (χ0n) is 38.2. The van der Waals surface area contributed by atoms with Gasteiger partial charge in [0.2, 0.25) is 0 Å². The van der Waals surface area contributed by atoms with E-state index in [0.29, 0.717) is 13.0 Å². The van der Waals surface area contributed by atoms with E-state index in [1.165, 1.54) is 96.3 Å². The first-order chi connectivity index (χ1) is 29.5. The second-order valence-corrected chi connectivity index (χ2v) is 18.4. The Labute approximate surface area is 370 Å². The lowest BCUT2D eigenvalue weighted by Gasteiger charge is -2.41. The van der Waals surface area contributed by atoms with Gasteiger partial charge in [-0.15, -0.1) is 0 Å². The third kappa shape index (κ3) is 31.1. The van der Waals surface area contributed by atoms with Gasteiger partial charge in [-0.2, -0.15) is 0 Å². The SMILES string of the molecule is CCCCCC/C=C\C/C=C\CCCCCCCCCCOCC(COP(=O)(O)OC1C(O)C(O)C(O)C(O)C1O)OC(=O)CCCCCCC/C=C\CCCCCCCC. The molecule has 0 aliphatic heterocycles. The number of ether oxygens (including phenoxy) is 2. The molecule has 0 radical (unpaired) electrons. The lowest BCUT2D eigenvalue weighted by molar-refractivity contribution is -0.220. The Balaban J connectivity index is 2.38. The van der Waals surface area contributed by atoms with Crippen LogP contribution >= 0.6 is 7.82 Å². The first kappa shape index (κ1) is 57.6. The number of esters is 1. The van der Waals surface area contributed by atoms with Gasteiger partial charge in [-0.3, -0.25) is 13.8 Å². The van der Waals surface area contributed by atoms with Gasteiger partial charge in [0.15, 0.2) is 0 Å². The lowest BCUT2D eigenvalue weighted by atomic mass is 9.85. The normalized spacial score (nSPS) is 22.4. The van der Waals surface area contributed by atoms with Crippen LogP contribution in [0.2, 0.25) is 0 Å². The quantitative estimate of drug-likeness (QED) is 0.0148. The number of rotatable bonds is 41. The molecule has 0 aromatic carbocycles. The molecule has 1 saturated carbocycles. The fourth-order valence-electron chi connectivity index (χ4n) is 7.32. The highest BCUT2D eigenvalue weighted by Gasteiger charge is 2.51. The van der Waals surface area contributed by atoms with E-state index < -0.39 is 63.1 Å². The third-order valence-corrected chi connectivity index (χ3v) is 12.2. The second kappa shape index (κ2) is 39.0. The van der Waals surface area contributed by atoms with Crippen molar-refractivity contribution < 1.29 is 58.3 Å². The second-order valence-electron chi connectivity index (χ2n) is 17.0. The van der Waals surface area contributed by atoms with Crippen LogP contribution in [0.3, 0.4) is 0 Å². The Kier molecular flexibility index (Phi) is 36.8. The minimum Gasteiger partial charge on any atom is -0.457 e. The monoisotopic (exact) mass is 889 g/mol. The van der Waals surface area contributed by atoms with Crippen molar-refractivity contribution in [3.8, 4) is 0 Å². The number of phosphoric ester groups is 1. The highest BCUT2D eigenvalue weighted by Crippen LogP contribution is 2.47. The topological polar surface area (TPSA) is 192 Å². The van der Waals surface area contributed by atoms with Crippen molar-refractivity contribution in [2.45, 2.75) is 243 Å². The molecule has 358 valence electrons. The van der Waals surface area contributed by atoms with Gasteiger partial charge in [0.25, 0.3) is 0 Å². The Morgan fingerprint density at radius 2 is 0.918 bits per heavy atom. The molecule has 12 nitrogen and oxygen atoms in total. The van der Waals surface area contributed by atoms with Crippen LogP contribution in [0, 0.1) is 0 Å². The molecule has 0 aromatic rings. The van der Waals surface area contributed by atoms with E-state index in [1.54, 1.807) is 0 Å². The fraction of sp³-hybridized carbons (Fsp3) is 0.854. The molecule has 1 rings (SSSR count). The molecule has 6 unspecified atom stereocenters. The molecular formula is C48H89O12P. The van der Waals surface area contributed by atoms with Gasteiger partial charge in [-0.05, 0) is 70.6 Å². The lowest BCUT2D eigenvalue weighted by Crippen LogP contribution is -2.64. The van der Waals surface area contributed by atoms with Crippen LogP contribution < -0.4 is 0 Å². The summed E-state index contributed by atoms with van der Waals surface area (Å²) in [4.78, 5) is 23.2.